The minimum atomic E-state index is -0.153. The molecule has 20 heavy (non-hydrogen) atoms. The zero-order valence-electron chi connectivity index (χ0n) is 11.6. The van der Waals surface area contributed by atoms with Crippen LogP contribution in [0.1, 0.15) is 24.0 Å². The van der Waals surface area contributed by atoms with Gasteiger partial charge in [-0.3, -0.25) is 4.79 Å². The van der Waals surface area contributed by atoms with Crippen LogP contribution in [0.25, 0.3) is 0 Å². The second-order valence-corrected chi connectivity index (χ2v) is 4.65. The summed E-state index contributed by atoms with van der Waals surface area (Å²) in [5.41, 5.74) is 9.52. The number of hydrogen-bond donors (Lipinski definition) is 3. The van der Waals surface area contributed by atoms with E-state index in [-0.39, 0.29) is 42.4 Å². The van der Waals surface area contributed by atoms with Crippen molar-refractivity contribution in [2.75, 3.05) is 18.9 Å². The normalized spacial score (nSPS) is 13.9. The third-order valence-electron chi connectivity index (χ3n) is 3.33. The Morgan fingerprint density at radius 2 is 2.10 bits per heavy atom. The number of carbonyl (C=O) groups is 1. The first-order valence-corrected chi connectivity index (χ1v) is 6.59. The second kappa shape index (κ2) is 8.08. The van der Waals surface area contributed by atoms with Gasteiger partial charge in [-0.25, -0.2) is 4.99 Å². The van der Waals surface area contributed by atoms with E-state index < -0.39 is 0 Å². The van der Waals surface area contributed by atoms with E-state index in [1.165, 1.54) is 24.0 Å². The van der Waals surface area contributed by atoms with Crippen molar-refractivity contribution in [3.63, 3.8) is 0 Å². The lowest BCUT2D eigenvalue weighted by Gasteiger charge is -2.19. The van der Waals surface area contributed by atoms with Gasteiger partial charge in [-0.2, -0.15) is 0 Å². The minimum Gasteiger partial charge on any atom is -0.370 e. The number of hydrogen-bond acceptors (Lipinski definition) is 2. The van der Waals surface area contributed by atoms with E-state index in [2.05, 4.69) is 21.7 Å². The van der Waals surface area contributed by atoms with Crippen LogP contribution >= 0.6 is 24.0 Å². The second-order valence-electron chi connectivity index (χ2n) is 4.65. The average molecular weight is 388 g/mol. The summed E-state index contributed by atoms with van der Waals surface area (Å²) in [7, 11) is 1.58. The zero-order chi connectivity index (χ0) is 13.7. The molecule has 0 bridgehead atoms. The Morgan fingerprint density at radius 1 is 1.35 bits per heavy atom. The fourth-order valence-electron chi connectivity index (χ4n) is 2.31. The number of aliphatic imine (C=N–C) groups is 1. The van der Waals surface area contributed by atoms with Gasteiger partial charge in [0.1, 0.15) is 6.54 Å². The molecule has 1 aliphatic rings. The van der Waals surface area contributed by atoms with Gasteiger partial charge in [0.05, 0.1) is 0 Å². The van der Waals surface area contributed by atoms with Crippen LogP contribution in [0.15, 0.2) is 23.2 Å². The van der Waals surface area contributed by atoms with E-state index in [1.807, 2.05) is 12.1 Å². The fourth-order valence-corrected chi connectivity index (χ4v) is 2.31. The molecule has 0 fully saturated rings. The lowest BCUT2D eigenvalue weighted by molar-refractivity contribution is -0.119. The molecule has 0 radical (unpaired) electrons. The molecule has 2 rings (SSSR count). The molecule has 0 aliphatic heterocycles. The lowest BCUT2D eigenvalue weighted by Crippen LogP contribution is -2.27. The number of fused-ring (bicyclic) bond motifs is 1. The highest BCUT2D eigenvalue weighted by Gasteiger charge is 2.13. The maximum absolute atomic E-state index is 11.1. The first-order chi connectivity index (χ1) is 9.20. The minimum absolute atomic E-state index is 0. The van der Waals surface area contributed by atoms with E-state index in [0.29, 0.717) is 0 Å². The molecule has 0 heterocycles. The van der Waals surface area contributed by atoms with Crippen molar-refractivity contribution in [3.8, 4) is 0 Å². The molecule has 5 nitrogen and oxygen atoms in total. The lowest BCUT2D eigenvalue weighted by atomic mass is 9.90. The van der Waals surface area contributed by atoms with Crippen LogP contribution in [-0.2, 0) is 17.6 Å². The molecule has 0 spiro atoms. The smallest absolute Gasteiger partial charge is 0.241 e. The number of nitrogens with two attached hydrogens (primary N) is 1. The summed E-state index contributed by atoms with van der Waals surface area (Å²) in [5.74, 6) is 0.127. The van der Waals surface area contributed by atoms with Crippen LogP contribution in [0.5, 0.6) is 0 Å². The Balaban J connectivity index is 0.00000200. The van der Waals surface area contributed by atoms with Gasteiger partial charge in [-0.1, -0.05) is 12.1 Å². The largest absolute Gasteiger partial charge is 0.370 e. The number of guanidine groups is 1. The summed E-state index contributed by atoms with van der Waals surface area (Å²) >= 11 is 0. The number of amides is 1. The van der Waals surface area contributed by atoms with Crippen molar-refractivity contribution in [1.82, 2.24) is 5.32 Å². The predicted octanol–water partition coefficient (Wildman–Crippen LogP) is 1.66. The van der Waals surface area contributed by atoms with Crippen LogP contribution in [0, 0.1) is 0 Å². The molecular weight excluding hydrogens is 367 g/mol. The number of anilines is 1. The van der Waals surface area contributed by atoms with Crippen molar-refractivity contribution in [2.24, 2.45) is 10.7 Å². The summed E-state index contributed by atoms with van der Waals surface area (Å²) in [6, 6.07) is 6.20. The number of likely N-dealkylation sites (N-methyl/N-ethyl adjacent to an activating group) is 1. The van der Waals surface area contributed by atoms with Crippen LogP contribution < -0.4 is 16.4 Å². The molecule has 1 aromatic rings. The first-order valence-electron chi connectivity index (χ1n) is 6.59. The van der Waals surface area contributed by atoms with E-state index in [9.17, 15) is 4.79 Å². The Labute approximate surface area is 136 Å². The van der Waals surface area contributed by atoms with E-state index in [1.54, 1.807) is 7.05 Å². The topological polar surface area (TPSA) is 79.5 Å². The van der Waals surface area contributed by atoms with Gasteiger partial charge in [0.25, 0.3) is 0 Å². The Hall–Kier alpha value is -1.31. The fraction of sp³-hybridized carbons (Fsp3) is 0.429. The standard InChI is InChI=1S/C14H20N4O.HI/c1-16-13(19)9-17-14(15)18-12-8-4-6-10-5-2-3-7-11(10)12;/h4,6,8H,2-3,5,7,9H2,1H3,(H,16,19)(H3,15,17,18);1H. The SMILES string of the molecule is CNC(=O)CN=C(N)Nc1cccc2c1CCCC2.I. The van der Waals surface area contributed by atoms with E-state index >= 15 is 0 Å². The summed E-state index contributed by atoms with van der Waals surface area (Å²) in [5, 5.41) is 5.60. The van der Waals surface area contributed by atoms with Gasteiger partial charge in [-0.05, 0) is 42.9 Å². The average Bonchev–Trinajstić information content (AvgIpc) is 2.45. The maximum Gasteiger partial charge on any atom is 0.241 e. The van der Waals surface area contributed by atoms with Gasteiger partial charge >= 0.3 is 0 Å². The van der Waals surface area contributed by atoms with E-state index in [4.69, 9.17) is 5.73 Å². The Kier molecular flexibility index (Phi) is 6.77. The molecule has 1 amide bonds. The van der Waals surface area contributed by atoms with Gasteiger partial charge in [-0.15, -0.1) is 24.0 Å². The highest BCUT2D eigenvalue weighted by molar-refractivity contribution is 14.0. The third-order valence-corrected chi connectivity index (χ3v) is 3.33. The highest BCUT2D eigenvalue weighted by atomic mass is 127. The molecule has 6 heteroatoms. The number of carbonyl (C=O) groups excluding carboxylic acids is 1. The monoisotopic (exact) mass is 388 g/mol. The Bertz CT molecular complexity index is 502. The Morgan fingerprint density at radius 3 is 2.85 bits per heavy atom. The van der Waals surface area contributed by atoms with Gasteiger partial charge < -0.3 is 16.4 Å². The molecule has 1 aromatic carbocycles. The molecule has 0 aromatic heterocycles. The van der Waals surface area contributed by atoms with Crippen molar-refractivity contribution in [2.45, 2.75) is 25.7 Å². The van der Waals surface area contributed by atoms with Crippen molar-refractivity contribution >= 4 is 41.5 Å². The molecule has 110 valence electrons. The van der Waals surface area contributed by atoms with Crippen LogP contribution in [0.2, 0.25) is 0 Å². The van der Waals surface area contributed by atoms with Gasteiger partial charge in [0, 0.05) is 12.7 Å². The molecule has 0 unspecified atom stereocenters. The van der Waals surface area contributed by atoms with Gasteiger partial charge in [0.15, 0.2) is 5.96 Å². The third kappa shape index (κ3) is 4.36. The molecule has 4 N–H and O–H groups in total. The summed E-state index contributed by atoms with van der Waals surface area (Å²) in [6.07, 6.45) is 4.65. The van der Waals surface area contributed by atoms with Crippen LogP contribution in [0.4, 0.5) is 5.69 Å². The summed E-state index contributed by atoms with van der Waals surface area (Å²) in [6.45, 7) is 0.0460. The predicted molar refractivity (Wildman–Crippen MR) is 92.7 cm³/mol. The van der Waals surface area contributed by atoms with E-state index in [0.717, 1.165) is 18.5 Å². The van der Waals surface area contributed by atoms with Crippen molar-refractivity contribution in [3.05, 3.63) is 29.3 Å². The first kappa shape index (κ1) is 16.7. The molecule has 0 saturated carbocycles. The zero-order valence-corrected chi connectivity index (χ0v) is 13.9. The van der Waals surface area contributed by atoms with Crippen molar-refractivity contribution in [1.29, 1.82) is 0 Å². The summed E-state index contributed by atoms with van der Waals surface area (Å²) in [4.78, 5) is 15.1. The maximum atomic E-state index is 11.1. The number of rotatable bonds is 3. The molecule has 1 aliphatic carbocycles. The number of nitrogens with zero attached hydrogens (tertiary/aromatic N) is 1. The number of benzene rings is 1. The molecule has 0 atom stereocenters. The van der Waals surface area contributed by atoms with Crippen LogP contribution in [0.3, 0.4) is 0 Å². The molecule has 0 saturated heterocycles. The summed E-state index contributed by atoms with van der Waals surface area (Å²) < 4.78 is 0. The van der Waals surface area contributed by atoms with Gasteiger partial charge in [0.2, 0.25) is 5.91 Å². The number of nitrogens with one attached hydrogen (secondary N) is 2. The number of halogens is 1. The van der Waals surface area contributed by atoms with Crippen LogP contribution in [-0.4, -0.2) is 25.5 Å². The number of aryl methyl sites for hydroxylation is 1. The van der Waals surface area contributed by atoms with Crippen molar-refractivity contribution < 1.29 is 4.79 Å². The molecular formula is C14H21IN4O. The quantitative estimate of drug-likeness (QED) is 0.419. The highest BCUT2D eigenvalue weighted by Crippen LogP contribution is 2.27.